The van der Waals surface area contributed by atoms with Crippen LogP contribution in [0.15, 0.2) is 40.5 Å². The molecule has 1 amide bonds. The zero-order chi connectivity index (χ0) is 18.9. The fraction of sp³-hybridized carbons (Fsp3) is 0.421. The maximum absolute atomic E-state index is 12.5. The summed E-state index contributed by atoms with van der Waals surface area (Å²) < 4.78 is 6.00. The van der Waals surface area contributed by atoms with Gasteiger partial charge in [0.1, 0.15) is 11.6 Å². The van der Waals surface area contributed by atoms with Gasteiger partial charge in [0.05, 0.1) is 12.5 Å². The second-order valence-electron chi connectivity index (χ2n) is 6.00. The van der Waals surface area contributed by atoms with Gasteiger partial charge in [-0.1, -0.05) is 28.1 Å². The number of nitrogens with one attached hydrogen (secondary N) is 1. The van der Waals surface area contributed by atoms with Crippen molar-refractivity contribution in [2.24, 2.45) is 5.92 Å². The Morgan fingerprint density at radius 2 is 2.15 bits per heavy atom. The molecule has 1 heterocycles. The van der Waals surface area contributed by atoms with Crippen LogP contribution in [0.2, 0.25) is 0 Å². The van der Waals surface area contributed by atoms with Gasteiger partial charge in [-0.15, -0.1) is 0 Å². The topological polar surface area (TPSA) is 82.4 Å². The summed E-state index contributed by atoms with van der Waals surface area (Å²) in [5.41, 5.74) is 1.10. The number of hydrogen-bond donors (Lipinski definition) is 1. The summed E-state index contributed by atoms with van der Waals surface area (Å²) >= 11 is 3.41. The lowest BCUT2D eigenvalue weighted by Gasteiger charge is -2.30. The van der Waals surface area contributed by atoms with Gasteiger partial charge in [-0.3, -0.25) is 9.59 Å². The van der Waals surface area contributed by atoms with Crippen LogP contribution in [0.5, 0.6) is 0 Å². The molecule has 0 aromatic heterocycles. The van der Waals surface area contributed by atoms with Gasteiger partial charge in [0.15, 0.2) is 0 Å². The number of amides is 1. The Morgan fingerprint density at radius 1 is 1.42 bits per heavy atom. The van der Waals surface area contributed by atoms with Crippen LogP contribution in [-0.4, -0.2) is 36.5 Å². The lowest BCUT2D eigenvalue weighted by molar-refractivity contribution is -0.150. The smallest absolute Gasteiger partial charge is 0.309 e. The molecule has 1 aliphatic rings. The summed E-state index contributed by atoms with van der Waals surface area (Å²) in [6.07, 6.45) is 2.59. The second-order valence-corrected chi connectivity index (χ2v) is 6.91. The first kappa shape index (κ1) is 20.0. The molecular weight excluding hydrogens is 398 g/mol. The highest BCUT2D eigenvalue weighted by atomic mass is 79.9. The van der Waals surface area contributed by atoms with Crippen LogP contribution in [0.1, 0.15) is 25.3 Å². The van der Waals surface area contributed by atoms with Crippen molar-refractivity contribution in [1.29, 1.82) is 5.26 Å². The monoisotopic (exact) mass is 419 g/mol. The van der Waals surface area contributed by atoms with Gasteiger partial charge >= 0.3 is 5.97 Å². The Balaban J connectivity index is 1.88. The summed E-state index contributed by atoms with van der Waals surface area (Å²) in [6, 6.07) is 9.74. The van der Waals surface area contributed by atoms with Crippen LogP contribution in [-0.2, 0) is 20.9 Å². The molecule has 1 saturated heterocycles. The van der Waals surface area contributed by atoms with Crippen molar-refractivity contribution in [3.63, 3.8) is 0 Å². The number of hydrogen-bond acceptors (Lipinski definition) is 5. The van der Waals surface area contributed by atoms with Crippen molar-refractivity contribution in [1.82, 2.24) is 10.2 Å². The molecule has 6 nitrogen and oxygen atoms in total. The average Bonchev–Trinajstić information content (AvgIpc) is 2.65. The number of halogens is 1. The maximum atomic E-state index is 12.5. The largest absolute Gasteiger partial charge is 0.466 e. The lowest BCUT2D eigenvalue weighted by Crippen LogP contribution is -2.41. The maximum Gasteiger partial charge on any atom is 0.309 e. The third-order valence-corrected chi connectivity index (χ3v) is 4.69. The number of nitrogens with zero attached hydrogens (tertiary/aromatic N) is 2. The quantitative estimate of drug-likeness (QED) is 0.435. The molecule has 2 rings (SSSR count). The number of ether oxygens (including phenoxy) is 1. The fourth-order valence-corrected chi connectivity index (χ4v) is 3.26. The Kier molecular flexibility index (Phi) is 7.67. The predicted octanol–water partition coefficient (Wildman–Crippen LogP) is 2.75. The number of rotatable bonds is 6. The molecule has 0 bridgehead atoms. The van der Waals surface area contributed by atoms with Crippen molar-refractivity contribution in [2.45, 2.75) is 26.3 Å². The molecule has 0 saturated carbocycles. The summed E-state index contributed by atoms with van der Waals surface area (Å²) in [4.78, 5) is 25.9. The Bertz CT molecular complexity index is 719. The first-order valence-corrected chi connectivity index (χ1v) is 9.38. The Labute approximate surface area is 161 Å². The first-order valence-electron chi connectivity index (χ1n) is 8.59. The second kappa shape index (κ2) is 9.97. The van der Waals surface area contributed by atoms with Gasteiger partial charge in [0, 0.05) is 30.3 Å². The van der Waals surface area contributed by atoms with E-state index in [2.05, 4.69) is 21.2 Å². The standard InChI is InChI=1S/C19H22BrN3O3/c1-2-26-19(25)15-6-8-23(9-7-15)18(24)16(11-21)13-22-12-14-4-3-5-17(20)10-14/h3-5,10,13,15,22H,2,6-9,12H2,1H3/b16-13-. The average molecular weight is 420 g/mol. The molecule has 0 aliphatic carbocycles. The van der Waals surface area contributed by atoms with E-state index in [-0.39, 0.29) is 23.4 Å². The highest BCUT2D eigenvalue weighted by Crippen LogP contribution is 2.20. The van der Waals surface area contributed by atoms with Crippen LogP contribution in [0, 0.1) is 17.2 Å². The molecule has 1 aromatic carbocycles. The Hall–Kier alpha value is -2.33. The van der Waals surface area contributed by atoms with E-state index in [9.17, 15) is 14.9 Å². The number of carbonyl (C=O) groups is 2. The third kappa shape index (κ3) is 5.60. The van der Waals surface area contributed by atoms with E-state index < -0.39 is 0 Å². The molecule has 26 heavy (non-hydrogen) atoms. The molecule has 0 unspecified atom stereocenters. The number of benzene rings is 1. The van der Waals surface area contributed by atoms with Gasteiger partial charge in [-0.2, -0.15) is 5.26 Å². The third-order valence-electron chi connectivity index (χ3n) is 4.19. The minimum Gasteiger partial charge on any atom is -0.466 e. The van der Waals surface area contributed by atoms with Gasteiger partial charge in [0.25, 0.3) is 5.91 Å². The normalized spacial score (nSPS) is 15.3. The number of esters is 1. The first-order chi connectivity index (χ1) is 12.5. The van der Waals surface area contributed by atoms with Gasteiger partial charge in [-0.25, -0.2) is 0 Å². The summed E-state index contributed by atoms with van der Waals surface area (Å²) in [7, 11) is 0. The van der Waals surface area contributed by atoms with Gasteiger partial charge < -0.3 is 15.0 Å². The van der Waals surface area contributed by atoms with Crippen LogP contribution < -0.4 is 5.32 Å². The van der Waals surface area contributed by atoms with E-state index in [0.717, 1.165) is 10.0 Å². The number of nitriles is 1. The predicted molar refractivity (Wildman–Crippen MR) is 101 cm³/mol. The van der Waals surface area contributed by atoms with Crippen LogP contribution >= 0.6 is 15.9 Å². The molecular formula is C19H22BrN3O3. The summed E-state index contributed by atoms with van der Waals surface area (Å²) in [5.74, 6) is -0.675. The highest BCUT2D eigenvalue weighted by Gasteiger charge is 2.29. The van der Waals surface area contributed by atoms with E-state index in [4.69, 9.17) is 4.74 Å². The van der Waals surface area contributed by atoms with E-state index in [1.807, 2.05) is 30.3 Å². The zero-order valence-corrected chi connectivity index (χ0v) is 16.3. The van der Waals surface area contributed by atoms with E-state index in [1.165, 1.54) is 6.20 Å². The SMILES string of the molecule is CCOC(=O)C1CCN(C(=O)/C(C#N)=C\NCc2cccc(Br)c2)CC1. The van der Waals surface area contributed by atoms with E-state index >= 15 is 0 Å². The summed E-state index contributed by atoms with van der Waals surface area (Å²) in [6.45, 7) is 3.56. The zero-order valence-electron chi connectivity index (χ0n) is 14.7. The minimum atomic E-state index is -0.309. The van der Waals surface area contributed by atoms with Crippen molar-refractivity contribution in [3.8, 4) is 6.07 Å². The van der Waals surface area contributed by atoms with Crippen molar-refractivity contribution in [3.05, 3.63) is 46.1 Å². The molecule has 0 spiro atoms. The lowest BCUT2D eigenvalue weighted by atomic mass is 9.96. The summed E-state index contributed by atoms with van der Waals surface area (Å²) in [5, 5.41) is 12.3. The van der Waals surface area contributed by atoms with Crippen molar-refractivity contribution < 1.29 is 14.3 Å². The number of piperidine rings is 1. The number of likely N-dealkylation sites (tertiary alicyclic amines) is 1. The van der Waals surface area contributed by atoms with E-state index in [1.54, 1.807) is 11.8 Å². The van der Waals surface area contributed by atoms with E-state index in [0.29, 0.717) is 39.1 Å². The molecule has 0 atom stereocenters. The molecule has 0 radical (unpaired) electrons. The molecule has 1 N–H and O–H groups in total. The fourth-order valence-electron chi connectivity index (χ4n) is 2.81. The molecule has 7 heteroatoms. The molecule has 138 valence electrons. The van der Waals surface area contributed by atoms with Crippen LogP contribution in [0.4, 0.5) is 0 Å². The van der Waals surface area contributed by atoms with Crippen LogP contribution in [0.25, 0.3) is 0 Å². The number of carbonyl (C=O) groups excluding carboxylic acids is 2. The Morgan fingerprint density at radius 3 is 2.77 bits per heavy atom. The highest BCUT2D eigenvalue weighted by molar-refractivity contribution is 9.10. The van der Waals surface area contributed by atoms with Crippen LogP contribution in [0.3, 0.4) is 0 Å². The van der Waals surface area contributed by atoms with Gasteiger partial charge in [-0.05, 0) is 37.5 Å². The molecule has 1 aromatic rings. The van der Waals surface area contributed by atoms with Crippen molar-refractivity contribution in [2.75, 3.05) is 19.7 Å². The van der Waals surface area contributed by atoms with Gasteiger partial charge in [0.2, 0.25) is 0 Å². The minimum absolute atomic E-state index is 0.0644. The molecule has 1 aliphatic heterocycles. The van der Waals surface area contributed by atoms with Crippen molar-refractivity contribution >= 4 is 27.8 Å². The molecule has 1 fully saturated rings.